The third kappa shape index (κ3) is 4.68. The van der Waals surface area contributed by atoms with Gasteiger partial charge in [-0.2, -0.15) is 0 Å². The lowest BCUT2D eigenvalue weighted by Crippen LogP contribution is -2.31. The minimum Gasteiger partial charge on any atom is -0.490 e. The van der Waals surface area contributed by atoms with E-state index in [1.54, 1.807) is 7.11 Å². The average Bonchev–Trinajstić information content (AvgIpc) is 2.51. The van der Waals surface area contributed by atoms with Crippen molar-refractivity contribution in [2.24, 2.45) is 5.92 Å². The van der Waals surface area contributed by atoms with Crippen molar-refractivity contribution in [3.8, 4) is 5.75 Å². The van der Waals surface area contributed by atoms with Gasteiger partial charge in [0.1, 0.15) is 12.4 Å². The van der Waals surface area contributed by atoms with E-state index in [1.807, 2.05) is 13.1 Å². The molecule has 118 valence electrons. The Morgan fingerprint density at radius 2 is 2.29 bits per heavy atom. The number of hydrogen-bond donors (Lipinski definition) is 1. The van der Waals surface area contributed by atoms with Gasteiger partial charge in [0.05, 0.1) is 17.7 Å². The Morgan fingerprint density at radius 3 is 2.90 bits per heavy atom. The van der Waals surface area contributed by atoms with Gasteiger partial charge in [0.25, 0.3) is 0 Å². The maximum Gasteiger partial charge on any atom is 0.133 e. The standard InChI is InChI=1S/C16H24BrNO3/c1-18-16(13-4-3-7-20-11-13)12-5-6-15(14(17)10-12)21-9-8-19-2/h5-6,10,13,16,18H,3-4,7-9,11H2,1-2H3. The van der Waals surface area contributed by atoms with Gasteiger partial charge in [0.2, 0.25) is 0 Å². The van der Waals surface area contributed by atoms with Crippen LogP contribution in [-0.4, -0.2) is 40.6 Å². The number of nitrogens with one attached hydrogen (secondary N) is 1. The summed E-state index contributed by atoms with van der Waals surface area (Å²) in [6.07, 6.45) is 2.34. The lowest BCUT2D eigenvalue weighted by atomic mass is 9.89. The molecule has 0 spiro atoms. The van der Waals surface area contributed by atoms with Crippen molar-refractivity contribution in [3.63, 3.8) is 0 Å². The van der Waals surface area contributed by atoms with E-state index >= 15 is 0 Å². The van der Waals surface area contributed by atoms with E-state index in [4.69, 9.17) is 14.2 Å². The van der Waals surface area contributed by atoms with Crippen molar-refractivity contribution < 1.29 is 14.2 Å². The molecular weight excluding hydrogens is 334 g/mol. The number of methoxy groups -OCH3 is 1. The van der Waals surface area contributed by atoms with Crippen LogP contribution in [0.4, 0.5) is 0 Å². The molecule has 1 aromatic carbocycles. The van der Waals surface area contributed by atoms with Crippen LogP contribution in [0.2, 0.25) is 0 Å². The average molecular weight is 358 g/mol. The summed E-state index contributed by atoms with van der Waals surface area (Å²) in [7, 11) is 3.68. The maximum atomic E-state index is 5.67. The molecule has 1 saturated heterocycles. The predicted molar refractivity (Wildman–Crippen MR) is 86.9 cm³/mol. The summed E-state index contributed by atoms with van der Waals surface area (Å²) < 4.78 is 17.3. The molecule has 2 atom stereocenters. The molecule has 5 heteroatoms. The molecule has 1 aromatic rings. The monoisotopic (exact) mass is 357 g/mol. The first-order valence-electron chi connectivity index (χ1n) is 7.42. The first-order valence-corrected chi connectivity index (χ1v) is 8.21. The van der Waals surface area contributed by atoms with Crippen LogP contribution in [0.1, 0.15) is 24.4 Å². The first kappa shape index (κ1) is 16.7. The van der Waals surface area contributed by atoms with Crippen molar-refractivity contribution in [1.82, 2.24) is 5.32 Å². The molecule has 21 heavy (non-hydrogen) atoms. The fraction of sp³-hybridized carbons (Fsp3) is 0.625. The second-order valence-corrected chi connectivity index (χ2v) is 6.13. The van der Waals surface area contributed by atoms with Gasteiger partial charge in [-0.1, -0.05) is 6.07 Å². The highest BCUT2D eigenvalue weighted by molar-refractivity contribution is 9.10. The molecule has 1 N–H and O–H groups in total. The van der Waals surface area contributed by atoms with Crippen LogP contribution in [0, 0.1) is 5.92 Å². The van der Waals surface area contributed by atoms with Crippen LogP contribution < -0.4 is 10.1 Å². The van der Waals surface area contributed by atoms with Crippen molar-refractivity contribution in [2.45, 2.75) is 18.9 Å². The lowest BCUT2D eigenvalue weighted by Gasteiger charge is -2.30. The minimum atomic E-state index is 0.314. The Balaban J connectivity index is 2.05. The van der Waals surface area contributed by atoms with Crippen molar-refractivity contribution in [1.29, 1.82) is 0 Å². The summed E-state index contributed by atoms with van der Waals surface area (Å²) >= 11 is 3.60. The van der Waals surface area contributed by atoms with Gasteiger partial charge in [0.15, 0.2) is 0 Å². The van der Waals surface area contributed by atoms with Gasteiger partial charge in [-0.3, -0.25) is 0 Å². The van der Waals surface area contributed by atoms with E-state index in [1.165, 1.54) is 12.0 Å². The largest absolute Gasteiger partial charge is 0.490 e. The summed E-state index contributed by atoms with van der Waals surface area (Å²) in [5, 5.41) is 3.43. The number of rotatable bonds is 7. The van der Waals surface area contributed by atoms with Crippen LogP contribution >= 0.6 is 15.9 Å². The van der Waals surface area contributed by atoms with E-state index in [2.05, 4.69) is 33.4 Å². The second-order valence-electron chi connectivity index (χ2n) is 5.27. The molecular formula is C16H24BrNO3. The molecule has 2 unspecified atom stereocenters. The highest BCUT2D eigenvalue weighted by Crippen LogP contribution is 2.33. The quantitative estimate of drug-likeness (QED) is 0.760. The van der Waals surface area contributed by atoms with E-state index in [-0.39, 0.29) is 0 Å². The summed E-state index contributed by atoms with van der Waals surface area (Å²) in [5.74, 6) is 1.38. The molecule has 0 aromatic heterocycles. The summed E-state index contributed by atoms with van der Waals surface area (Å²) in [6.45, 7) is 2.87. The van der Waals surface area contributed by atoms with Crippen molar-refractivity contribution >= 4 is 15.9 Å². The molecule has 1 fully saturated rings. The Morgan fingerprint density at radius 1 is 1.43 bits per heavy atom. The second kappa shape index (κ2) is 8.73. The zero-order valence-electron chi connectivity index (χ0n) is 12.7. The van der Waals surface area contributed by atoms with Gasteiger partial charge < -0.3 is 19.5 Å². The maximum absolute atomic E-state index is 5.67. The Hall–Kier alpha value is -0.620. The van der Waals surface area contributed by atoms with Gasteiger partial charge in [-0.15, -0.1) is 0 Å². The van der Waals surface area contributed by atoms with Gasteiger partial charge >= 0.3 is 0 Å². The van der Waals surface area contributed by atoms with Crippen LogP contribution in [0.5, 0.6) is 5.75 Å². The number of ether oxygens (including phenoxy) is 3. The SMILES string of the molecule is CNC(c1ccc(OCCOC)c(Br)c1)C1CCCOC1. The molecule has 0 aliphatic carbocycles. The number of benzene rings is 1. The summed E-state index contributed by atoms with van der Waals surface area (Å²) in [5.41, 5.74) is 1.26. The Kier molecular flexibility index (Phi) is 6.96. The highest BCUT2D eigenvalue weighted by atomic mass is 79.9. The molecule has 1 aliphatic heterocycles. The van der Waals surface area contributed by atoms with Crippen LogP contribution in [-0.2, 0) is 9.47 Å². The molecule has 1 aliphatic rings. The smallest absolute Gasteiger partial charge is 0.133 e. The molecule has 0 bridgehead atoms. The van der Waals surface area contributed by atoms with Crippen molar-refractivity contribution in [3.05, 3.63) is 28.2 Å². The number of hydrogen-bond acceptors (Lipinski definition) is 4. The highest BCUT2D eigenvalue weighted by Gasteiger charge is 2.24. The molecule has 4 nitrogen and oxygen atoms in total. The van der Waals surface area contributed by atoms with E-state index < -0.39 is 0 Å². The normalized spacial score (nSPS) is 20.2. The third-order valence-corrected chi connectivity index (χ3v) is 4.46. The fourth-order valence-corrected chi connectivity index (χ4v) is 3.28. The topological polar surface area (TPSA) is 39.7 Å². The summed E-state index contributed by atoms with van der Waals surface area (Å²) in [4.78, 5) is 0. The predicted octanol–water partition coefficient (Wildman–Crippen LogP) is 3.16. The van der Waals surface area contributed by atoms with Gasteiger partial charge in [0, 0.05) is 25.7 Å². The zero-order chi connectivity index (χ0) is 15.1. The zero-order valence-corrected chi connectivity index (χ0v) is 14.3. The van der Waals surface area contributed by atoms with Crippen LogP contribution in [0.25, 0.3) is 0 Å². The minimum absolute atomic E-state index is 0.314. The van der Waals surface area contributed by atoms with E-state index in [0.717, 1.165) is 29.9 Å². The van der Waals surface area contributed by atoms with Gasteiger partial charge in [-0.05, 0) is 53.5 Å². The van der Waals surface area contributed by atoms with Crippen molar-refractivity contribution in [2.75, 3.05) is 40.6 Å². The van der Waals surface area contributed by atoms with Gasteiger partial charge in [-0.25, -0.2) is 0 Å². The lowest BCUT2D eigenvalue weighted by molar-refractivity contribution is 0.0402. The van der Waals surface area contributed by atoms with Crippen LogP contribution in [0.3, 0.4) is 0 Å². The molecule has 2 rings (SSSR count). The molecule has 0 amide bonds. The molecule has 0 saturated carbocycles. The molecule has 1 heterocycles. The Labute approximate surface area is 135 Å². The van der Waals surface area contributed by atoms with E-state index in [0.29, 0.717) is 25.2 Å². The van der Waals surface area contributed by atoms with Crippen LogP contribution in [0.15, 0.2) is 22.7 Å². The summed E-state index contributed by atoms with van der Waals surface area (Å²) in [6, 6.07) is 6.60. The Bertz CT molecular complexity index is 436. The molecule has 0 radical (unpaired) electrons. The van der Waals surface area contributed by atoms with E-state index in [9.17, 15) is 0 Å². The fourth-order valence-electron chi connectivity index (χ4n) is 2.77. The first-order chi connectivity index (χ1) is 10.3. The number of halogens is 1. The third-order valence-electron chi connectivity index (χ3n) is 3.84.